The smallest absolute Gasteiger partial charge is 0.258 e. The predicted octanol–water partition coefficient (Wildman–Crippen LogP) is 3.01. The SMILES string of the molecule is Nc1c(Br)cc(Br)cc1[C@@H](C(F)F)N1CCNCC1. The van der Waals surface area contributed by atoms with Crippen LogP contribution in [0.15, 0.2) is 21.1 Å². The fourth-order valence-corrected chi connectivity index (χ4v) is 3.56. The van der Waals surface area contributed by atoms with Gasteiger partial charge < -0.3 is 11.1 Å². The van der Waals surface area contributed by atoms with Crippen molar-refractivity contribution in [2.24, 2.45) is 0 Å². The van der Waals surface area contributed by atoms with Crippen molar-refractivity contribution in [3.63, 3.8) is 0 Å². The summed E-state index contributed by atoms with van der Waals surface area (Å²) in [5.74, 6) is 0. The monoisotopic (exact) mass is 397 g/mol. The highest BCUT2D eigenvalue weighted by molar-refractivity contribution is 9.11. The fourth-order valence-electron chi connectivity index (χ4n) is 2.30. The molecule has 0 aliphatic carbocycles. The average Bonchev–Trinajstić information content (AvgIpc) is 2.36. The number of nitrogen functional groups attached to an aromatic ring is 1. The lowest BCUT2D eigenvalue weighted by atomic mass is 10.0. The largest absolute Gasteiger partial charge is 0.398 e. The van der Waals surface area contributed by atoms with Crippen molar-refractivity contribution in [1.82, 2.24) is 10.2 Å². The van der Waals surface area contributed by atoms with Crippen LogP contribution in [-0.4, -0.2) is 37.5 Å². The number of nitrogens with zero attached hydrogens (tertiary/aromatic N) is 1. The van der Waals surface area contributed by atoms with Gasteiger partial charge in [-0.15, -0.1) is 0 Å². The highest BCUT2D eigenvalue weighted by Crippen LogP contribution is 2.37. The second-order valence-electron chi connectivity index (χ2n) is 4.46. The van der Waals surface area contributed by atoms with Crippen LogP contribution in [0.5, 0.6) is 0 Å². The highest BCUT2D eigenvalue weighted by Gasteiger charge is 2.32. The number of alkyl halides is 2. The van der Waals surface area contributed by atoms with Crippen molar-refractivity contribution in [3.05, 3.63) is 26.6 Å². The van der Waals surface area contributed by atoms with Crippen molar-refractivity contribution in [2.45, 2.75) is 12.5 Å². The molecule has 0 radical (unpaired) electrons. The number of rotatable bonds is 3. The summed E-state index contributed by atoms with van der Waals surface area (Å²) in [7, 11) is 0. The minimum Gasteiger partial charge on any atom is -0.398 e. The van der Waals surface area contributed by atoms with E-state index in [0.717, 1.165) is 17.6 Å². The molecule has 1 atom stereocenters. The van der Waals surface area contributed by atoms with Crippen LogP contribution < -0.4 is 11.1 Å². The van der Waals surface area contributed by atoms with Crippen molar-refractivity contribution >= 4 is 37.5 Å². The Labute approximate surface area is 127 Å². The van der Waals surface area contributed by atoms with Gasteiger partial charge in [-0.1, -0.05) is 15.9 Å². The molecule has 19 heavy (non-hydrogen) atoms. The van der Waals surface area contributed by atoms with E-state index in [-0.39, 0.29) is 0 Å². The van der Waals surface area contributed by atoms with Crippen LogP contribution in [0.2, 0.25) is 0 Å². The number of piperazine rings is 1. The van der Waals surface area contributed by atoms with Gasteiger partial charge in [0.2, 0.25) is 0 Å². The van der Waals surface area contributed by atoms with Crippen LogP contribution in [0.25, 0.3) is 0 Å². The average molecular weight is 399 g/mol. The maximum Gasteiger partial charge on any atom is 0.258 e. The minimum atomic E-state index is -2.47. The quantitative estimate of drug-likeness (QED) is 0.769. The summed E-state index contributed by atoms with van der Waals surface area (Å²) < 4.78 is 28.3. The Morgan fingerprint density at radius 3 is 2.42 bits per heavy atom. The second-order valence-corrected chi connectivity index (χ2v) is 6.23. The Kier molecular flexibility index (Phi) is 5.16. The van der Waals surface area contributed by atoms with Gasteiger partial charge in [-0.25, -0.2) is 8.78 Å². The van der Waals surface area contributed by atoms with Gasteiger partial charge in [0.1, 0.15) is 0 Å². The molecule has 106 valence electrons. The lowest BCUT2D eigenvalue weighted by Gasteiger charge is -2.35. The first-order valence-corrected chi connectivity index (χ1v) is 7.56. The zero-order valence-electron chi connectivity index (χ0n) is 10.2. The summed E-state index contributed by atoms with van der Waals surface area (Å²) in [6.07, 6.45) is -2.47. The zero-order valence-corrected chi connectivity index (χ0v) is 13.3. The summed E-state index contributed by atoms with van der Waals surface area (Å²) in [5, 5.41) is 3.16. The molecule has 1 aromatic carbocycles. The third-order valence-electron chi connectivity index (χ3n) is 3.23. The van der Waals surface area contributed by atoms with Crippen molar-refractivity contribution in [1.29, 1.82) is 0 Å². The predicted molar refractivity (Wildman–Crippen MR) is 79.4 cm³/mol. The Balaban J connectivity index is 2.38. The molecule has 0 aromatic heterocycles. The van der Waals surface area contributed by atoms with Crippen LogP contribution in [0.1, 0.15) is 11.6 Å². The first-order valence-electron chi connectivity index (χ1n) is 5.98. The third-order valence-corrected chi connectivity index (χ3v) is 4.34. The van der Waals surface area contributed by atoms with E-state index in [1.54, 1.807) is 17.0 Å². The first kappa shape index (κ1) is 15.2. The fraction of sp³-hybridized carbons (Fsp3) is 0.500. The van der Waals surface area contributed by atoms with E-state index in [2.05, 4.69) is 37.2 Å². The van der Waals surface area contributed by atoms with Crippen molar-refractivity contribution in [2.75, 3.05) is 31.9 Å². The number of nitrogens with one attached hydrogen (secondary N) is 1. The van der Waals surface area contributed by atoms with Crippen LogP contribution in [0, 0.1) is 0 Å². The molecule has 7 heteroatoms. The normalized spacial score (nSPS) is 18.8. The van der Waals surface area contributed by atoms with E-state index in [1.807, 2.05) is 0 Å². The number of hydrogen-bond donors (Lipinski definition) is 2. The molecule has 0 saturated carbocycles. The Hall–Kier alpha value is -0.240. The van der Waals surface area contributed by atoms with Gasteiger partial charge in [0.05, 0.1) is 11.7 Å². The van der Waals surface area contributed by atoms with Gasteiger partial charge >= 0.3 is 0 Å². The van der Waals surface area contributed by atoms with E-state index in [1.165, 1.54) is 0 Å². The van der Waals surface area contributed by atoms with Gasteiger partial charge in [0.15, 0.2) is 0 Å². The summed E-state index contributed by atoms with van der Waals surface area (Å²) in [6.45, 7) is 2.63. The molecule has 1 saturated heterocycles. The van der Waals surface area contributed by atoms with Gasteiger partial charge in [-0.2, -0.15) is 0 Å². The van der Waals surface area contributed by atoms with E-state index < -0.39 is 12.5 Å². The molecule has 0 spiro atoms. The summed E-state index contributed by atoms with van der Waals surface area (Å²) in [6, 6.07) is 2.48. The molecule has 1 aliphatic rings. The molecule has 2 rings (SSSR count). The standard InChI is InChI=1S/C12H15Br2F2N3/c13-7-5-8(10(17)9(14)6-7)11(12(15)16)19-3-1-18-2-4-19/h5-6,11-12,18H,1-4,17H2/t11-/m0/s1. The minimum absolute atomic E-state index is 0.382. The summed E-state index contributed by atoms with van der Waals surface area (Å²) in [4.78, 5) is 1.78. The highest BCUT2D eigenvalue weighted by atomic mass is 79.9. The van der Waals surface area contributed by atoms with E-state index in [9.17, 15) is 8.78 Å². The molecule has 1 aromatic rings. The van der Waals surface area contributed by atoms with Crippen LogP contribution in [0.4, 0.5) is 14.5 Å². The molecule has 0 amide bonds. The number of benzene rings is 1. The van der Waals surface area contributed by atoms with Crippen LogP contribution >= 0.6 is 31.9 Å². The summed E-state index contributed by atoms with van der Waals surface area (Å²) in [5.41, 5.74) is 6.81. The Morgan fingerprint density at radius 1 is 1.21 bits per heavy atom. The Morgan fingerprint density at radius 2 is 1.84 bits per heavy atom. The zero-order chi connectivity index (χ0) is 14.0. The number of nitrogens with two attached hydrogens (primary N) is 1. The first-order chi connectivity index (χ1) is 9.00. The maximum atomic E-state index is 13.5. The summed E-state index contributed by atoms with van der Waals surface area (Å²) >= 11 is 6.63. The molecule has 3 nitrogen and oxygen atoms in total. The molecule has 1 fully saturated rings. The van der Waals surface area contributed by atoms with E-state index in [4.69, 9.17) is 5.73 Å². The van der Waals surface area contributed by atoms with Crippen molar-refractivity contribution < 1.29 is 8.78 Å². The molecule has 1 aliphatic heterocycles. The third kappa shape index (κ3) is 3.45. The lowest BCUT2D eigenvalue weighted by molar-refractivity contribution is 0.0185. The van der Waals surface area contributed by atoms with Crippen LogP contribution in [-0.2, 0) is 0 Å². The van der Waals surface area contributed by atoms with Gasteiger partial charge in [-0.3, -0.25) is 4.90 Å². The lowest BCUT2D eigenvalue weighted by Crippen LogP contribution is -2.47. The van der Waals surface area contributed by atoms with E-state index in [0.29, 0.717) is 28.8 Å². The maximum absolute atomic E-state index is 13.5. The molecule has 0 unspecified atom stereocenters. The molecular weight excluding hydrogens is 384 g/mol. The number of hydrogen-bond acceptors (Lipinski definition) is 3. The topological polar surface area (TPSA) is 41.3 Å². The molecular formula is C12H15Br2F2N3. The van der Waals surface area contributed by atoms with Gasteiger partial charge in [0, 0.05) is 40.7 Å². The van der Waals surface area contributed by atoms with E-state index >= 15 is 0 Å². The van der Waals surface area contributed by atoms with Gasteiger partial charge in [0.25, 0.3) is 6.43 Å². The molecule has 0 bridgehead atoms. The Bertz CT molecular complexity index is 451. The molecule has 1 heterocycles. The molecule has 3 N–H and O–H groups in total. The number of halogens is 4. The number of anilines is 1. The van der Waals surface area contributed by atoms with Crippen LogP contribution in [0.3, 0.4) is 0 Å². The van der Waals surface area contributed by atoms with Gasteiger partial charge in [-0.05, 0) is 28.1 Å². The second kappa shape index (κ2) is 6.47. The van der Waals surface area contributed by atoms with Crippen molar-refractivity contribution in [3.8, 4) is 0 Å².